The second kappa shape index (κ2) is 9.88. The fraction of sp³-hybridized carbons (Fsp3) is 0.278. The summed E-state index contributed by atoms with van der Waals surface area (Å²) in [5.74, 6) is -0.818. The number of hydrogen-bond donors (Lipinski definition) is 2. The molecule has 0 unspecified atom stereocenters. The highest BCUT2D eigenvalue weighted by Gasteiger charge is 2.31. The maximum atomic E-state index is 14.2. The van der Waals surface area contributed by atoms with Crippen molar-refractivity contribution in [3.05, 3.63) is 52.8 Å². The summed E-state index contributed by atoms with van der Waals surface area (Å²) in [6.07, 6.45) is -2.48. The van der Waals surface area contributed by atoms with Crippen LogP contribution in [-0.4, -0.2) is 5.91 Å². The minimum Gasteiger partial charge on any atom is -0.456 e. The summed E-state index contributed by atoms with van der Waals surface area (Å²) in [6.45, 7) is 1.97. The summed E-state index contributed by atoms with van der Waals surface area (Å²) in [5, 5.41) is -0.247. The molecule has 0 atom stereocenters. The van der Waals surface area contributed by atoms with Gasteiger partial charge in [-0.3, -0.25) is 9.52 Å². The summed E-state index contributed by atoms with van der Waals surface area (Å²) in [6, 6.07) is 6.46. The maximum absolute atomic E-state index is 14.2. The van der Waals surface area contributed by atoms with Crippen LogP contribution in [0, 0.1) is 5.82 Å². The van der Waals surface area contributed by atoms with Crippen molar-refractivity contribution in [3.63, 3.8) is 0 Å². The van der Waals surface area contributed by atoms with Crippen LogP contribution in [0.1, 0.15) is 31.7 Å². The molecule has 0 heterocycles. The van der Waals surface area contributed by atoms with Crippen LogP contribution in [0.25, 0.3) is 0 Å². The molecule has 2 aromatic rings. The highest BCUT2D eigenvalue weighted by Crippen LogP contribution is 2.36. The van der Waals surface area contributed by atoms with Crippen molar-refractivity contribution < 1.29 is 27.1 Å². The molecule has 0 bridgehead atoms. The van der Waals surface area contributed by atoms with E-state index in [0.29, 0.717) is 6.42 Å². The molecule has 0 fully saturated rings. The van der Waals surface area contributed by atoms with Crippen LogP contribution in [-0.2, 0) is 11.0 Å². The number of halogens is 5. The Morgan fingerprint density at radius 2 is 1.96 bits per heavy atom. The Bertz CT molecular complexity index is 834. The molecule has 0 aliphatic heterocycles. The first-order valence-corrected chi connectivity index (χ1v) is 9.45. The number of ether oxygens (including phenoxy) is 1. The van der Waals surface area contributed by atoms with Gasteiger partial charge in [0.2, 0.25) is 5.91 Å². The number of amides is 1. The zero-order chi connectivity index (χ0) is 20.7. The molecule has 2 N–H and O–H groups in total. The molecule has 0 aliphatic rings. The Labute approximate surface area is 168 Å². The summed E-state index contributed by atoms with van der Waals surface area (Å²) in [4.78, 5) is 11.5. The minimum atomic E-state index is -4.52. The molecule has 0 saturated carbocycles. The highest BCUT2D eigenvalue weighted by atomic mass is 35.5. The average Bonchev–Trinajstić information content (AvgIpc) is 2.62. The summed E-state index contributed by atoms with van der Waals surface area (Å²) in [5.41, 5.74) is -0.805. The molecule has 4 nitrogen and oxygen atoms in total. The van der Waals surface area contributed by atoms with Gasteiger partial charge in [-0.05, 0) is 36.8 Å². The third kappa shape index (κ3) is 6.49. The average molecular weight is 437 g/mol. The van der Waals surface area contributed by atoms with Gasteiger partial charge in [0, 0.05) is 12.5 Å². The molecule has 0 radical (unpaired) electrons. The van der Waals surface area contributed by atoms with Crippen LogP contribution in [0.2, 0.25) is 5.02 Å². The Balaban J connectivity index is 1.98. The van der Waals surface area contributed by atoms with Gasteiger partial charge in [0.05, 0.1) is 28.4 Å². The smallest absolute Gasteiger partial charge is 0.416 e. The fourth-order valence-electron chi connectivity index (χ4n) is 2.05. The number of carbonyl (C=O) groups excluding carboxylic acids is 1. The van der Waals surface area contributed by atoms with Crippen molar-refractivity contribution in [1.29, 1.82) is 0 Å². The number of unbranched alkanes of at least 4 members (excludes halogenated alkanes) is 1. The van der Waals surface area contributed by atoms with Crippen molar-refractivity contribution in [2.75, 3.05) is 4.72 Å². The molecule has 0 saturated heterocycles. The van der Waals surface area contributed by atoms with E-state index in [-0.39, 0.29) is 28.1 Å². The number of anilines is 1. The van der Waals surface area contributed by atoms with Crippen molar-refractivity contribution >= 4 is 35.3 Å². The lowest BCUT2D eigenvalue weighted by Crippen LogP contribution is -2.17. The van der Waals surface area contributed by atoms with E-state index in [4.69, 9.17) is 16.3 Å². The Morgan fingerprint density at radius 1 is 1.21 bits per heavy atom. The van der Waals surface area contributed by atoms with Gasteiger partial charge in [-0.1, -0.05) is 24.9 Å². The van der Waals surface area contributed by atoms with E-state index in [0.717, 1.165) is 49.2 Å². The Hall–Kier alpha value is -2.13. The zero-order valence-corrected chi connectivity index (χ0v) is 16.3. The van der Waals surface area contributed by atoms with Crippen molar-refractivity contribution in [2.24, 2.45) is 0 Å². The largest absolute Gasteiger partial charge is 0.456 e. The van der Waals surface area contributed by atoms with Gasteiger partial charge in [-0.15, -0.1) is 0 Å². The highest BCUT2D eigenvalue weighted by molar-refractivity contribution is 7.99. The van der Waals surface area contributed by atoms with Crippen molar-refractivity contribution in [2.45, 2.75) is 32.4 Å². The lowest BCUT2D eigenvalue weighted by Gasteiger charge is -2.12. The number of alkyl halides is 3. The quantitative estimate of drug-likeness (QED) is 0.363. The minimum absolute atomic E-state index is 0.0349. The number of nitrogens with one attached hydrogen (secondary N) is 2. The number of carbonyl (C=O) groups is 1. The summed E-state index contributed by atoms with van der Waals surface area (Å²) >= 11 is 6.65. The number of benzene rings is 2. The van der Waals surface area contributed by atoms with E-state index in [1.165, 1.54) is 12.1 Å². The SMILES string of the molecule is CCCCC(=O)NSNc1ccc(Oc2ccc(C(F)(F)F)cc2Cl)cc1F. The molecule has 1 amide bonds. The zero-order valence-electron chi connectivity index (χ0n) is 14.7. The first kappa shape index (κ1) is 22.2. The fourth-order valence-corrected chi connectivity index (χ4v) is 2.82. The van der Waals surface area contributed by atoms with Crippen LogP contribution in [0.15, 0.2) is 36.4 Å². The molecule has 0 aliphatic carbocycles. The topological polar surface area (TPSA) is 50.4 Å². The maximum Gasteiger partial charge on any atom is 0.416 e. The number of rotatable bonds is 8. The van der Waals surface area contributed by atoms with Crippen molar-refractivity contribution in [3.8, 4) is 11.5 Å². The van der Waals surface area contributed by atoms with Gasteiger partial charge in [0.15, 0.2) is 5.82 Å². The normalized spacial score (nSPS) is 11.2. The molecule has 2 rings (SSSR count). The second-order valence-electron chi connectivity index (χ2n) is 5.72. The second-order valence-corrected chi connectivity index (χ2v) is 6.74. The van der Waals surface area contributed by atoms with Crippen LogP contribution in [0.4, 0.5) is 23.2 Å². The lowest BCUT2D eigenvalue weighted by atomic mass is 10.2. The molecular weight excluding hydrogens is 420 g/mol. The first-order chi connectivity index (χ1) is 13.2. The molecule has 28 heavy (non-hydrogen) atoms. The van der Waals surface area contributed by atoms with Crippen molar-refractivity contribution in [1.82, 2.24) is 4.72 Å². The Kier molecular flexibility index (Phi) is 7.82. The lowest BCUT2D eigenvalue weighted by molar-refractivity contribution is -0.137. The third-order valence-electron chi connectivity index (χ3n) is 3.51. The molecule has 0 spiro atoms. The van der Waals surface area contributed by atoms with E-state index in [2.05, 4.69) is 9.44 Å². The van der Waals surface area contributed by atoms with E-state index in [1.807, 2.05) is 6.92 Å². The summed E-state index contributed by atoms with van der Waals surface area (Å²) in [7, 11) is 0. The van der Waals surface area contributed by atoms with Gasteiger partial charge in [-0.2, -0.15) is 13.2 Å². The van der Waals surface area contributed by atoms with Gasteiger partial charge >= 0.3 is 6.18 Å². The molecule has 0 aromatic heterocycles. The van der Waals surface area contributed by atoms with E-state index < -0.39 is 17.6 Å². The molecule has 152 valence electrons. The first-order valence-electron chi connectivity index (χ1n) is 8.25. The van der Waals surface area contributed by atoms with Gasteiger partial charge < -0.3 is 9.46 Å². The third-order valence-corrected chi connectivity index (χ3v) is 4.46. The van der Waals surface area contributed by atoms with E-state index in [1.54, 1.807) is 0 Å². The Morgan fingerprint density at radius 3 is 2.57 bits per heavy atom. The van der Waals surface area contributed by atoms with Crippen LogP contribution in [0.3, 0.4) is 0 Å². The monoisotopic (exact) mass is 436 g/mol. The van der Waals surface area contributed by atoms with E-state index in [9.17, 15) is 22.4 Å². The molecular formula is C18H17ClF4N2O2S. The van der Waals surface area contributed by atoms with E-state index >= 15 is 0 Å². The number of hydrogen-bond acceptors (Lipinski definition) is 4. The van der Waals surface area contributed by atoms with Crippen LogP contribution < -0.4 is 14.2 Å². The molecule has 10 heteroatoms. The van der Waals surface area contributed by atoms with Gasteiger partial charge in [0.25, 0.3) is 0 Å². The van der Waals surface area contributed by atoms with Crippen LogP contribution >= 0.6 is 23.7 Å². The standard InChI is InChI=1S/C18H17ClF4N2O2S/c1-2-3-4-17(26)25-28-24-15-7-6-12(10-14(15)20)27-16-8-5-11(9-13(16)19)18(21,22)23/h5-10,24H,2-4H2,1H3,(H,25,26). The van der Waals surface area contributed by atoms with Gasteiger partial charge in [0.1, 0.15) is 11.5 Å². The predicted octanol–water partition coefficient (Wildman–Crippen LogP) is 6.57. The van der Waals surface area contributed by atoms with Crippen LogP contribution in [0.5, 0.6) is 11.5 Å². The molecule has 2 aromatic carbocycles. The van der Waals surface area contributed by atoms with Gasteiger partial charge in [-0.25, -0.2) is 4.39 Å². The predicted molar refractivity (Wildman–Crippen MR) is 102 cm³/mol. The summed E-state index contributed by atoms with van der Waals surface area (Å²) < 4.78 is 62.6.